The van der Waals surface area contributed by atoms with Gasteiger partial charge >= 0.3 is 0 Å². The lowest BCUT2D eigenvalue weighted by Gasteiger charge is -2.36. The Morgan fingerprint density at radius 1 is 1.56 bits per heavy atom. The Kier molecular flexibility index (Phi) is 4.66. The van der Waals surface area contributed by atoms with Gasteiger partial charge in [0.2, 0.25) is 0 Å². The molecular weight excluding hydrogens is 233 g/mol. The molecule has 2 atom stereocenters. The molecule has 1 aliphatic rings. The third-order valence-electron chi connectivity index (χ3n) is 3.42. The van der Waals surface area contributed by atoms with E-state index in [1.54, 1.807) is 12.1 Å². The zero-order valence-corrected chi connectivity index (χ0v) is 10.6. The Bertz CT molecular complexity index is 388. The van der Waals surface area contributed by atoms with Crippen molar-refractivity contribution in [2.45, 2.75) is 19.1 Å². The molecule has 3 N–H and O–H groups in total. The second-order valence-corrected chi connectivity index (χ2v) is 4.47. The predicted molar refractivity (Wildman–Crippen MR) is 68.3 cm³/mol. The van der Waals surface area contributed by atoms with Gasteiger partial charge in [-0.15, -0.1) is 0 Å². The Hall–Kier alpha value is -1.01. The summed E-state index contributed by atoms with van der Waals surface area (Å²) in [6.07, 6.45) is -0.124. The summed E-state index contributed by atoms with van der Waals surface area (Å²) in [6, 6.07) is 6.35. The number of benzene rings is 1. The molecule has 1 aromatic rings. The van der Waals surface area contributed by atoms with Crippen molar-refractivity contribution in [3.05, 3.63) is 35.6 Å². The predicted octanol–water partition coefficient (Wildman–Crippen LogP) is 1.05. The molecule has 0 bridgehead atoms. The maximum atomic E-state index is 13.8. The summed E-state index contributed by atoms with van der Waals surface area (Å²) in [7, 11) is 0. The molecule has 0 aromatic heterocycles. The lowest BCUT2D eigenvalue weighted by atomic mass is 10.00. The van der Waals surface area contributed by atoms with Gasteiger partial charge in [-0.2, -0.15) is 0 Å². The van der Waals surface area contributed by atoms with Gasteiger partial charge in [-0.3, -0.25) is 16.2 Å². The highest BCUT2D eigenvalue weighted by Crippen LogP contribution is 2.23. The Balaban J connectivity index is 2.15. The lowest BCUT2D eigenvalue weighted by molar-refractivity contribution is -0.0461. The number of hydrogen-bond donors (Lipinski definition) is 2. The van der Waals surface area contributed by atoms with Crippen molar-refractivity contribution in [2.24, 2.45) is 5.84 Å². The first-order valence-electron chi connectivity index (χ1n) is 6.30. The average Bonchev–Trinajstić information content (AvgIpc) is 2.42. The van der Waals surface area contributed by atoms with Crippen LogP contribution in [0.3, 0.4) is 0 Å². The van der Waals surface area contributed by atoms with Gasteiger partial charge in [-0.25, -0.2) is 4.39 Å². The Morgan fingerprint density at radius 2 is 2.33 bits per heavy atom. The summed E-state index contributed by atoms with van der Waals surface area (Å²) in [4.78, 5) is 2.28. The summed E-state index contributed by atoms with van der Waals surface area (Å²) in [5.41, 5.74) is 3.24. The maximum absolute atomic E-state index is 13.8. The molecular formula is C13H20FN3O. The standard InChI is InChI=1S/C13H20FN3O/c1-2-17-7-8-18-12(9-17)13(16-15)10-5-3-4-6-11(10)14/h3-6,12-13,16H,2,7-9,15H2,1H3. The molecule has 18 heavy (non-hydrogen) atoms. The Morgan fingerprint density at radius 3 is 3.00 bits per heavy atom. The topological polar surface area (TPSA) is 50.5 Å². The van der Waals surface area contributed by atoms with Crippen LogP contribution >= 0.6 is 0 Å². The molecule has 0 aliphatic carbocycles. The quantitative estimate of drug-likeness (QED) is 0.622. The third kappa shape index (κ3) is 2.87. The van der Waals surface area contributed by atoms with E-state index in [9.17, 15) is 4.39 Å². The summed E-state index contributed by atoms with van der Waals surface area (Å²) < 4.78 is 19.5. The van der Waals surface area contributed by atoms with E-state index in [1.165, 1.54) is 6.07 Å². The second-order valence-electron chi connectivity index (χ2n) is 4.47. The van der Waals surface area contributed by atoms with Gasteiger partial charge in [0.15, 0.2) is 0 Å². The minimum absolute atomic E-state index is 0.124. The first kappa shape index (κ1) is 13.4. The number of likely N-dealkylation sites (N-methyl/N-ethyl adjacent to an activating group) is 1. The van der Waals surface area contributed by atoms with E-state index in [0.29, 0.717) is 12.2 Å². The van der Waals surface area contributed by atoms with Crippen molar-refractivity contribution in [3.63, 3.8) is 0 Å². The summed E-state index contributed by atoms with van der Waals surface area (Å²) in [6.45, 7) is 5.41. The molecule has 0 amide bonds. The molecule has 1 saturated heterocycles. The fourth-order valence-electron chi connectivity index (χ4n) is 2.35. The van der Waals surface area contributed by atoms with Crippen molar-refractivity contribution >= 4 is 0 Å². The molecule has 2 rings (SSSR count). The van der Waals surface area contributed by atoms with Gasteiger partial charge in [0, 0.05) is 18.7 Å². The van der Waals surface area contributed by atoms with Crippen molar-refractivity contribution in [1.29, 1.82) is 0 Å². The lowest BCUT2D eigenvalue weighted by Crippen LogP contribution is -2.49. The van der Waals surface area contributed by atoms with E-state index < -0.39 is 0 Å². The normalized spacial score (nSPS) is 22.9. The van der Waals surface area contributed by atoms with E-state index in [4.69, 9.17) is 10.6 Å². The van der Waals surface area contributed by atoms with Crippen molar-refractivity contribution in [3.8, 4) is 0 Å². The zero-order valence-electron chi connectivity index (χ0n) is 10.6. The van der Waals surface area contributed by atoms with Crippen molar-refractivity contribution in [1.82, 2.24) is 10.3 Å². The van der Waals surface area contributed by atoms with Crippen LogP contribution in [-0.2, 0) is 4.74 Å². The third-order valence-corrected chi connectivity index (χ3v) is 3.42. The monoisotopic (exact) mass is 253 g/mol. The average molecular weight is 253 g/mol. The van der Waals surface area contributed by atoms with Gasteiger partial charge in [0.25, 0.3) is 0 Å². The first-order chi connectivity index (χ1) is 8.76. The molecule has 100 valence electrons. The Labute approximate surface area is 107 Å². The number of nitrogens with zero attached hydrogens (tertiary/aromatic N) is 1. The molecule has 1 heterocycles. The highest BCUT2D eigenvalue weighted by atomic mass is 19.1. The van der Waals surface area contributed by atoms with Gasteiger partial charge in [0.05, 0.1) is 18.8 Å². The molecule has 1 aromatic carbocycles. The smallest absolute Gasteiger partial charge is 0.128 e. The highest BCUT2D eigenvalue weighted by Gasteiger charge is 2.29. The van der Waals surface area contributed by atoms with E-state index in [1.807, 2.05) is 6.07 Å². The van der Waals surface area contributed by atoms with Crippen molar-refractivity contribution < 1.29 is 9.13 Å². The van der Waals surface area contributed by atoms with Crippen LogP contribution in [0.4, 0.5) is 4.39 Å². The first-order valence-corrected chi connectivity index (χ1v) is 6.30. The summed E-state index contributed by atoms with van der Waals surface area (Å²) in [5, 5.41) is 0. The largest absolute Gasteiger partial charge is 0.374 e. The van der Waals surface area contributed by atoms with E-state index in [-0.39, 0.29) is 18.0 Å². The van der Waals surface area contributed by atoms with E-state index >= 15 is 0 Å². The summed E-state index contributed by atoms with van der Waals surface area (Å²) >= 11 is 0. The molecule has 1 aliphatic heterocycles. The molecule has 1 fully saturated rings. The SMILES string of the molecule is CCN1CCOC(C(NN)c2ccccc2F)C1. The number of hydrazine groups is 1. The van der Waals surface area contributed by atoms with Crippen LogP contribution < -0.4 is 11.3 Å². The van der Waals surface area contributed by atoms with Crippen LogP contribution in [0.1, 0.15) is 18.5 Å². The minimum atomic E-state index is -0.319. The fraction of sp³-hybridized carbons (Fsp3) is 0.538. The number of ether oxygens (including phenoxy) is 1. The second kappa shape index (κ2) is 6.24. The number of morpholine rings is 1. The van der Waals surface area contributed by atoms with Crippen LogP contribution in [0, 0.1) is 5.82 Å². The van der Waals surface area contributed by atoms with Gasteiger partial charge in [0.1, 0.15) is 5.82 Å². The van der Waals surface area contributed by atoms with Gasteiger partial charge < -0.3 is 4.74 Å². The number of nitrogens with one attached hydrogen (secondary N) is 1. The zero-order chi connectivity index (χ0) is 13.0. The fourth-order valence-corrected chi connectivity index (χ4v) is 2.35. The van der Waals surface area contributed by atoms with Gasteiger partial charge in [-0.1, -0.05) is 25.1 Å². The van der Waals surface area contributed by atoms with Crippen LogP contribution in [0.2, 0.25) is 0 Å². The number of rotatable bonds is 4. The molecule has 0 spiro atoms. The van der Waals surface area contributed by atoms with Gasteiger partial charge in [-0.05, 0) is 12.6 Å². The molecule has 4 nitrogen and oxygen atoms in total. The maximum Gasteiger partial charge on any atom is 0.128 e. The van der Waals surface area contributed by atoms with Crippen LogP contribution in [-0.4, -0.2) is 37.2 Å². The number of nitrogens with two attached hydrogens (primary N) is 1. The van der Waals surface area contributed by atoms with Crippen LogP contribution in [0.25, 0.3) is 0 Å². The van der Waals surface area contributed by atoms with Crippen molar-refractivity contribution in [2.75, 3.05) is 26.2 Å². The van der Waals surface area contributed by atoms with Crippen LogP contribution in [0.15, 0.2) is 24.3 Å². The number of hydrogen-bond acceptors (Lipinski definition) is 4. The highest BCUT2D eigenvalue weighted by molar-refractivity contribution is 5.22. The molecule has 2 unspecified atom stereocenters. The number of halogens is 1. The molecule has 5 heteroatoms. The minimum Gasteiger partial charge on any atom is -0.374 e. The van der Waals surface area contributed by atoms with E-state index in [2.05, 4.69) is 17.2 Å². The van der Waals surface area contributed by atoms with E-state index in [0.717, 1.165) is 19.6 Å². The molecule has 0 radical (unpaired) electrons. The van der Waals surface area contributed by atoms with Crippen LogP contribution in [0.5, 0.6) is 0 Å². The molecule has 0 saturated carbocycles. The summed E-state index contributed by atoms with van der Waals surface area (Å²) in [5.74, 6) is 5.32.